The summed E-state index contributed by atoms with van der Waals surface area (Å²) in [6.07, 6.45) is 2.57. The first-order valence-corrected chi connectivity index (χ1v) is 5.92. The van der Waals surface area contributed by atoms with E-state index in [0.717, 1.165) is 29.5 Å². The Bertz CT molecular complexity index is 547. The molecule has 0 amide bonds. The molecule has 3 nitrogen and oxygen atoms in total. The molecule has 0 atom stereocenters. The summed E-state index contributed by atoms with van der Waals surface area (Å²) in [6, 6.07) is 5.66. The molecular weight excluding hydrogens is 228 g/mol. The van der Waals surface area contributed by atoms with Crippen LogP contribution in [-0.2, 0) is 16.0 Å². The molecule has 2 rings (SSSR count). The summed E-state index contributed by atoms with van der Waals surface area (Å²) >= 11 is 0. The van der Waals surface area contributed by atoms with E-state index in [1.54, 1.807) is 0 Å². The average molecular weight is 242 g/mol. The van der Waals surface area contributed by atoms with Gasteiger partial charge in [-0.1, -0.05) is 17.9 Å². The van der Waals surface area contributed by atoms with Crippen molar-refractivity contribution in [3.8, 4) is 11.8 Å². The first-order valence-electron chi connectivity index (χ1n) is 5.92. The van der Waals surface area contributed by atoms with Crippen molar-refractivity contribution in [2.45, 2.75) is 25.7 Å². The maximum Gasteiger partial charge on any atom is 0.317 e. The van der Waals surface area contributed by atoms with E-state index in [9.17, 15) is 9.59 Å². The molecule has 92 valence electrons. The van der Waals surface area contributed by atoms with Crippen LogP contribution in [-0.4, -0.2) is 18.9 Å². The summed E-state index contributed by atoms with van der Waals surface area (Å²) in [5.41, 5.74) is 2.66. The molecule has 18 heavy (non-hydrogen) atoms. The maximum atomic E-state index is 11.7. The van der Waals surface area contributed by atoms with Crippen LogP contribution >= 0.6 is 0 Å². The monoisotopic (exact) mass is 242 g/mol. The minimum absolute atomic E-state index is 0.0710. The van der Waals surface area contributed by atoms with Gasteiger partial charge in [0, 0.05) is 17.5 Å². The van der Waals surface area contributed by atoms with Gasteiger partial charge >= 0.3 is 5.97 Å². The number of esters is 1. The summed E-state index contributed by atoms with van der Waals surface area (Å²) in [7, 11) is 1.33. The summed E-state index contributed by atoms with van der Waals surface area (Å²) in [5, 5.41) is 0. The van der Waals surface area contributed by atoms with E-state index in [4.69, 9.17) is 0 Å². The normalized spacial score (nSPS) is 13.3. The second kappa shape index (κ2) is 5.50. The van der Waals surface area contributed by atoms with Crippen LogP contribution in [0.4, 0.5) is 0 Å². The van der Waals surface area contributed by atoms with Crippen LogP contribution in [0.1, 0.15) is 40.7 Å². The first kappa shape index (κ1) is 12.4. The molecule has 0 bridgehead atoms. The van der Waals surface area contributed by atoms with Crippen molar-refractivity contribution >= 4 is 11.8 Å². The molecule has 3 heteroatoms. The smallest absolute Gasteiger partial charge is 0.317 e. The van der Waals surface area contributed by atoms with E-state index in [1.165, 1.54) is 7.11 Å². The van der Waals surface area contributed by atoms with Gasteiger partial charge in [-0.2, -0.15) is 0 Å². The molecule has 0 fully saturated rings. The number of fused-ring (bicyclic) bond motifs is 1. The lowest BCUT2D eigenvalue weighted by Crippen LogP contribution is -2.10. The molecule has 0 unspecified atom stereocenters. The highest BCUT2D eigenvalue weighted by atomic mass is 16.5. The molecule has 0 aliphatic heterocycles. The second-order valence-electron chi connectivity index (χ2n) is 4.20. The topological polar surface area (TPSA) is 43.4 Å². The highest BCUT2D eigenvalue weighted by Crippen LogP contribution is 2.21. The standard InChI is InChI=1S/C15H14O3/c1-18-15(17)7-2-4-11-8-9-12-5-3-6-14(16)13(12)10-11/h8-10H,3,5-7H2,1H3. The number of rotatable bonds is 1. The van der Waals surface area contributed by atoms with Crippen molar-refractivity contribution in [2.75, 3.05) is 7.11 Å². The average Bonchev–Trinajstić information content (AvgIpc) is 2.39. The molecule has 0 heterocycles. The van der Waals surface area contributed by atoms with Gasteiger partial charge in [0.15, 0.2) is 5.78 Å². The predicted molar refractivity (Wildman–Crippen MR) is 67.2 cm³/mol. The minimum Gasteiger partial charge on any atom is -0.468 e. The predicted octanol–water partition coefficient (Wildman–Crippen LogP) is 2.12. The Balaban J connectivity index is 2.18. The Labute approximate surface area is 106 Å². The Morgan fingerprint density at radius 1 is 1.39 bits per heavy atom. The van der Waals surface area contributed by atoms with E-state index < -0.39 is 0 Å². The van der Waals surface area contributed by atoms with Crippen LogP contribution in [0.3, 0.4) is 0 Å². The van der Waals surface area contributed by atoms with E-state index in [2.05, 4.69) is 16.6 Å². The van der Waals surface area contributed by atoms with Crippen LogP contribution in [0.5, 0.6) is 0 Å². The van der Waals surface area contributed by atoms with Gasteiger partial charge in [-0.25, -0.2) is 0 Å². The van der Waals surface area contributed by atoms with E-state index in [0.29, 0.717) is 6.42 Å². The number of ether oxygens (including phenoxy) is 1. The number of methoxy groups -OCH3 is 1. The number of carbonyl (C=O) groups excluding carboxylic acids is 2. The van der Waals surface area contributed by atoms with Gasteiger partial charge in [0.2, 0.25) is 0 Å². The number of aryl methyl sites for hydroxylation is 1. The van der Waals surface area contributed by atoms with Crippen molar-refractivity contribution in [1.82, 2.24) is 0 Å². The number of Topliss-reactive ketones (excluding diaryl/α,β-unsaturated/α-hetero) is 1. The Hall–Kier alpha value is -2.08. The molecule has 0 aromatic heterocycles. The van der Waals surface area contributed by atoms with Gasteiger partial charge in [0.1, 0.15) is 6.42 Å². The zero-order valence-corrected chi connectivity index (χ0v) is 10.3. The Morgan fingerprint density at radius 2 is 2.22 bits per heavy atom. The summed E-state index contributed by atoms with van der Waals surface area (Å²) in [4.78, 5) is 22.7. The maximum absolute atomic E-state index is 11.7. The minimum atomic E-state index is -0.350. The number of hydrogen-bond acceptors (Lipinski definition) is 3. The SMILES string of the molecule is COC(=O)CC#Cc1ccc2c(c1)C(=O)CCC2. The molecule has 1 aromatic rings. The van der Waals surface area contributed by atoms with Gasteiger partial charge < -0.3 is 4.74 Å². The highest BCUT2D eigenvalue weighted by Gasteiger charge is 2.16. The van der Waals surface area contributed by atoms with Crippen LogP contribution in [0.15, 0.2) is 18.2 Å². The van der Waals surface area contributed by atoms with Crippen molar-refractivity contribution in [3.63, 3.8) is 0 Å². The molecule has 0 saturated carbocycles. The van der Waals surface area contributed by atoms with Gasteiger partial charge in [-0.05, 0) is 30.5 Å². The van der Waals surface area contributed by atoms with Crippen LogP contribution < -0.4 is 0 Å². The lowest BCUT2D eigenvalue weighted by molar-refractivity contribution is -0.139. The molecule has 1 aliphatic carbocycles. The van der Waals surface area contributed by atoms with E-state index in [-0.39, 0.29) is 18.2 Å². The van der Waals surface area contributed by atoms with Crippen LogP contribution in [0.25, 0.3) is 0 Å². The number of hydrogen-bond donors (Lipinski definition) is 0. The van der Waals surface area contributed by atoms with Crippen molar-refractivity contribution < 1.29 is 14.3 Å². The summed E-state index contributed by atoms with van der Waals surface area (Å²) < 4.78 is 4.50. The third-order valence-electron chi connectivity index (χ3n) is 2.95. The highest BCUT2D eigenvalue weighted by molar-refractivity contribution is 5.98. The van der Waals surface area contributed by atoms with Crippen molar-refractivity contribution in [1.29, 1.82) is 0 Å². The Morgan fingerprint density at radius 3 is 3.00 bits per heavy atom. The number of benzene rings is 1. The lowest BCUT2D eigenvalue weighted by Gasteiger charge is -2.14. The fourth-order valence-corrected chi connectivity index (χ4v) is 2.00. The largest absolute Gasteiger partial charge is 0.468 e. The summed E-state index contributed by atoms with van der Waals surface area (Å²) in [5.74, 6) is 5.45. The second-order valence-corrected chi connectivity index (χ2v) is 4.20. The zero-order valence-electron chi connectivity index (χ0n) is 10.3. The third kappa shape index (κ3) is 2.78. The van der Waals surface area contributed by atoms with Gasteiger partial charge in [0.05, 0.1) is 7.11 Å². The quantitative estimate of drug-likeness (QED) is 0.559. The molecule has 1 aromatic carbocycles. The van der Waals surface area contributed by atoms with Gasteiger partial charge in [-0.15, -0.1) is 0 Å². The van der Waals surface area contributed by atoms with Gasteiger partial charge in [-0.3, -0.25) is 9.59 Å². The van der Waals surface area contributed by atoms with Gasteiger partial charge in [0.25, 0.3) is 0 Å². The number of ketones is 1. The molecule has 1 aliphatic rings. The van der Waals surface area contributed by atoms with E-state index in [1.807, 2.05) is 18.2 Å². The van der Waals surface area contributed by atoms with Crippen molar-refractivity contribution in [2.24, 2.45) is 0 Å². The molecule has 0 radical (unpaired) electrons. The van der Waals surface area contributed by atoms with E-state index >= 15 is 0 Å². The first-order chi connectivity index (χ1) is 8.70. The fraction of sp³-hybridized carbons (Fsp3) is 0.333. The van der Waals surface area contributed by atoms with Crippen molar-refractivity contribution in [3.05, 3.63) is 34.9 Å². The molecule has 0 N–H and O–H groups in total. The molecule has 0 saturated heterocycles. The molecule has 0 spiro atoms. The zero-order chi connectivity index (χ0) is 13.0. The van der Waals surface area contributed by atoms with Crippen LogP contribution in [0.2, 0.25) is 0 Å². The lowest BCUT2D eigenvalue weighted by atomic mass is 9.89. The summed E-state index contributed by atoms with van der Waals surface area (Å²) in [6.45, 7) is 0. The molecular formula is C15H14O3. The number of carbonyl (C=O) groups is 2. The van der Waals surface area contributed by atoms with Crippen LogP contribution in [0, 0.1) is 11.8 Å². The third-order valence-corrected chi connectivity index (χ3v) is 2.95. The Kier molecular flexibility index (Phi) is 3.78. The fourth-order valence-electron chi connectivity index (χ4n) is 2.00.